The van der Waals surface area contributed by atoms with E-state index in [0.717, 1.165) is 48.2 Å². The first kappa shape index (κ1) is 14.7. The number of Topliss-reactive ketones (excluding diaryl/α,β-unsaturated/α-hetero) is 1. The number of carbonyl (C=O) groups is 1. The molecule has 1 unspecified atom stereocenters. The van der Waals surface area contributed by atoms with Gasteiger partial charge in [-0.1, -0.05) is 6.92 Å². The molecule has 1 aliphatic rings. The highest BCUT2D eigenvalue weighted by atomic mass is 79.9. The molecule has 2 rings (SSSR count). The van der Waals surface area contributed by atoms with Gasteiger partial charge >= 0.3 is 0 Å². The molecule has 5 heteroatoms. The van der Waals surface area contributed by atoms with Gasteiger partial charge in [0.1, 0.15) is 0 Å². The van der Waals surface area contributed by atoms with E-state index in [0.29, 0.717) is 6.42 Å². The normalized spacial score (nSPS) is 22.9. The summed E-state index contributed by atoms with van der Waals surface area (Å²) < 4.78 is 2.95. The van der Waals surface area contributed by atoms with E-state index in [1.54, 1.807) is 0 Å². The van der Waals surface area contributed by atoms with Crippen LogP contribution in [0.1, 0.15) is 45.0 Å². The van der Waals surface area contributed by atoms with Crippen molar-refractivity contribution in [1.82, 2.24) is 15.1 Å². The van der Waals surface area contributed by atoms with E-state index in [9.17, 15) is 4.79 Å². The fourth-order valence-electron chi connectivity index (χ4n) is 2.67. The molecule has 0 spiro atoms. The third kappa shape index (κ3) is 2.77. The summed E-state index contributed by atoms with van der Waals surface area (Å²) in [7, 11) is 0. The Labute approximate surface area is 123 Å². The van der Waals surface area contributed by atoms with Crippen molar-refractivity contribution in [2.75, 3.05) is 6.54 Å². The maximum atomic E-state index is 12.5. The second-order valence-corrected chi connectivity index (χ2v) is 6.13. The maximum absolute atomic E-state index is 12.5. The number of aryl methyl sites for hydroxylation is 2. The Morgan fingerprint density at radius 1 is 1.53 bits per heavy atom. The van der Waals surface area contributed by atoms with E-state index in [-0.39, 0.29) is 11.3 Å². The third-order valence-electron chi connectivity index (χ3n) is 4.01. The lowest BCUT2D eigenvalue weighted by molar-refractivity contribution is -0.123. The van der Waals surface area contributed by atoms with Crippen LogP contribution in [0, 0.1) is 0 Å². The average molecular weight is 328 g/mol. The Hall–Kier alpha value is -0.680. The van der Waals surface area contributed by atoms with Gasteiger partial charge in [-0.2, -0.15) is 5.10 Å². The molecular formula is C14H22BrN3O. The SMILES string of the molecule is CCc1nn(CC)c(CC(=O)C2(C)CCCN2)c1Br. The highest BCUT2D eigenvalue weighted by Crippen LogP contribution is 2.26. The fraction of sp³-hybridized carbons (Fsp3) is 0.714. The fourth-order valence-corrected chi connectivity index (χ4v) is 3.37. The topological polar surface area (TPSA) is 46.9 Å². The molecule has 1 atom stereocenters. The molecule has 1 saturated heterocycles. The Balaban J connectivity index is 2.23. The molecular weight excluding hydrogens is 306 g/mol. The molecule has 0 radical (unpaired) electrons. The van der Waals surface area contributed by atoms with E-state index in [1.807, 2.05) is 11.6 Å². The molecule has 2 heterocycles. The largest absolute Gasteiger partial charge is 0.305 e. The second kappa shape index (κ2) is 5.75. The quantitative estimate of drug-likeness (QED) is 0.903. The number of nitrogens with one attached hydrogen (secondary N) is 1. The van der Waals surface area contributed by atoms with Crippen LogP contribution in [0.2, 0.25) is 0 Å². The second-order valence-electron chi connectivity index (χ2n) is 5.34. The van der Waals surface area contributed by atoms with Crippen LogP contribution >= 0.6 is 15.9 Å². The van der Waals surface area contributed by atoms with Gasteiger partial charge in [0.25, 0.3) is 0 Å². The van der Waals surface area contributed by atoms with E-state index < -0.39 is 0 Å². The molecule has 19 heavy (non-hydrogen) atoms. The monoisotopic (exact) mass is 327 g/mol. The van der Waals surface area contributed by atoms with Gasteiger partial charge in [-0.25, -0.2) is 0 Å². The first-order valence-corrected chi connectivity index (χ1v) is 7.83. The number of aromatic nitrogens is 2. The van der Waals surface area contributed by atoms with Crippen molar-refractivity contribution in [3.63, 3.8) is 0 Å². The van der Waals surface area contributed by atoms with Crippen molar-refractivity contribution in [3.8, 4) is 0 Å². The number of rotatable bonds is 5. The van der Waals surface area contributed by atoms with Crippen LogP contribution in [-0.4, -0.2) is 27.6 Å². The molecule has 0 aliphatic carbocycles. The summed E-state index contributed by atoms with van der Waals surface area (Å²) in [4.78, 5) is 12.5. The van der Waals surface area contributed by atoms with Crippen LogP contribution in [0.15, 0.2) is 4.47 Å². The van der Waals surface area contributed by atoms with Crippen molar-refractivity contribution < 1.29 is 4.79 Å². The van der Waals surface area contributed by atoms with Gasteiger partial charge in [0.15, 0.2) is 5.78 Å². The smallest absolute Gasteiger partial charge is 0.158 e. The van der Waals surface area contributed by atoms with Gasteiger partial charge in [-0.3, -0.25) is 9.48 Å². The molecule has 106 valence electrons. The maximum Gasteiger partial charge on any atom is 0.158 e. The van der Waals surface area contributed by atoms with Crippen molar-refractivity contribution in [2.45, 2.75) is 58.5 Å². The van der Waals surface area contributed by atoms with E-state index >= 15 is 0 Å². The molecule has 0 saturated carbocycles. The lowest BCUT2D eigenvalue weighted by Crippen LogP contribution is -2.45. The van der Waals surface area contributed by atoms with Crippen LogP contribution in [0.5, 0.6) is 0 Å². The summed E-state index contributed by atoms with van der Waals surface area (Å²) in [6, 6.07) is 0. The predicted molar refractivity (Wildman–Crippen MR) is 79.3 cm³/mol. The van der Waals surface area contributed by atoms with Crippen LogP contribution in [0.25, 0.3) is 0 Å². The zero-order valence-corrected chi connectivity index (χ0v) is 13.5. The highest BCUT2D eigenvalue weighted by molar-refractivity contribution is 9.10. The van der Waals surface area contributed by atoms with Crippen molar-refractivity contribution in [2.24, 2.45) is 0 Å². The number of hydrogen-bond acceptors (Lipinski definition) is 3. The standard InChI is InChI=1S/C14H22BrN3O/c1-4-10-13(15)11(18(5-2)17-10)9-12(19)14(3)7-6-8-16-14/h16H,4-9H2,1-3H3. The Morgan fingerprint density at radius 2 is 2.26 bits per heavy atom. The van der Waals surface area contributed by atoms with Crippen LogP contribution in [0.3, 0.4) is 0 Å². The summed E-state index contributed by atoms with van der Waals surface area (Å²) in [6.45, 7) is 7.90. The summed E-state index contributed by atoms with van der Waals surface area (Å²) in [5.74, 6) is 0.267. The summed E-state index contributed by atoms with van der Waals surface area (Å²) in [5.41, 5.74) is 1.70. The van der Waals surface area contributed by atoms with E-state index in [1.165, 1.54) is 0 Å². The van der Waals surface area contributed by atoms with Crippen LogP contribution in [0.4, 0.5) is 0 Å². The Kier molecular flexibility index (Phi) is 4.46. The zero-order valence-electron chi connectivity index (χ0n) is 11.9. The van der Waals surface area contributed by atoms with E-state index in [2.05, 4.69) is 40.2 Å². The molecule has 4 nitrogen and oxygen atoms in total. The van der Waals surface area contributed by atoms with Crippen LogP contribution in [-0.2, 0) is 24.2 Å². The first-order valence-electron chi connectivity index (χ1n) is 7.04. The van der Waals surface area contributed by atoms with Crippen LogP contribution < -0.4 is 5.32 Å². The van der Waals surface area contributed by atoms with Crippen molar-refractivity contribution in [1.29, 1.82) is 0 Å². The summed E-state index contributed by atoms with van der Waals surface area (Å²) in [6.07, 6.45) is 3.34. The van der Waals surface area contributed by atoms with E-state index in [4.69, 9.17) is 0 Å². The minimum atomic E-state index is -0.353. The van der Waals surface area contributed by atoms with Gasteiger partial charge in [-0.15, -0.1) is 0 Å². The predicted octanol–water partition coefficient (Wildman–Crippen LogP) is 2.48. The number of nitrogens with zero attached hydrogens (tertiary/aromatic N) is 2. The number of ketones is 1. The average Bonchev–Trinajstić information content (AvgIpc) is 2.96. The molecule has 1 N–H and O–H groups in total. The van der Waals surface area contributed by atoms with Gasteiger partial charge in [0, 0.05) is 6.54 Å². The zero-order chi connectivity index (χ0) is 14.0. The third-order valence-corrected chi connectivity index (χ3v) is 4.92. The number of carbonyl (C=O) groups excluding carboxylic acids is 1. The first-order chi connectivity index (χ1) is 9.01. The molecule has 1 aliphatic heterocycles. The molecule has 1 aromatic heterocycles. The molecule has 0 amide bonds. The summed E-state index contributed by atoms with van der Waals surface area (Å²) in [5, 5.41) is 7.88. The highest BCUT2D eigenvalue weighted by Gasteiger charge is 2.36. The minimum absolute atomic E-state index is 0.267. The Morgan fingerprint density at radius 3 is 2.79 bits per heavy atom. The van der Waals surface area contributed by atoms with Gasteiger partial charge < -0.3 is 5.32 Å². The Bertz CT molecular complexity index is 475. The van der Waals surface area contributed by atoms with Gasteiger partial charge in [-0.05, 0) is 55.6 Å². The molecule has 0 bridgehead atoms. The number of hydrogen-bond donors (Lipinski definition) is 1. The molecule has 1 aromatic rings. The van der Waals surface area contributed by atoms with Crippen molar-refractivity contribution >= 4 is 21.7 Å². The van der Waals surface area contributed by atoms with Crippen molar-refractivity contribution in [3.05, 3.63) is 15.9 Å². The lowest BCUT2D eigenvalue weighted by Gasteiger charge is -2.22. The molecule has 1 fully saturated rings. The van der Waals surface area contributed by atoms with Gasteiger partial charge in [0.05, 0.1) is 27.8 Å². The molecule has 0 aromatic carbocycles. The summed E-state index contributed by atoms with van der Waals surface area (Å²) >= 11 is 3.60. The lowest BCUT2D eigenvalue weighted by atomic mass is 9.91. The number of halogens is 1. The van der Waals surface area contributed by atoms with Gasteiger partial charge in [0.2, 0.25) is 0 Å². The minimum Gasteiger partial charge on any atom is -0.305 e.